The lowest BCUT2D eigenvalue weighted by Crippen LogP contribution is -2.52. The summed E-state index contributed by atoms with van der Waals surface area (Å²) in [6.07, 6.45) is 5.86. The zero-order valence-corrected chi connectivity index (χ0v) is 12.5. The number of hydrogen-bond donors (Lipinski definition) is 1. The first-order valence-electron chi connectivity index (χ1n) is 8.18. The second-order valence-corrected chi connectivity index (χ2v) is 6.44. The summed E-state index contributed by atoms with van der Waals surface area (Å²) >= 11 is 0. The Morgan fingerprint density at radius 3 is 3.00 bits per heavy atom. The van der Waals surface area contributed by atoms with E-state index in [1.54, 1.807) is 0 Å². The summed E-state index contributed by atoms with van der Waals surface area (Å²) in [5.74, 6) is 0.951. The van der Waals surface area contributed by atoms with Crippen LogP contribution in [0, 0.1) is 5.92 Å². The molecule has 2 heterocycles. The normalized spacial score (nSPS) is 23.5. The molecule has 1 saturated carbocycles. The molecular weight excluding hydrogens is 258 g/mol. The van der Waals surface area contributed by atoms with Crippen LogP contribution in [0.15, 0.2) is 36.5 Å². The molecule has 2 aliphatic rings. The minimum Gasteiger partial charge on any atom is -0.311 e. The first-order chi connectivity index (χ1) is 10.4. The van der Waals surface area contributed by atoms with Gasteiger partial charge >= 0.3 is 0 Å². The van der Waals surface area contributed by atoms with Crippen LogP contribution in [-0.4, -0.2) is 42.1 Å². The third kappa shape index (κ3) is 2.94. The van der Waals surface area contributed by atoms with Crippen LogP contribution in [0.5, 0.6) is 0 Å². The van der Waals surface area contributed by atoms with Crippen molar-refractivity contribution in [2.75, 3.05) is 26.2 Å². The maximum Gasteiger partial charge on any atom is 0.0734 e. The Bertz CT molecular complexity index is 615. The van der Waals surface area contributed by atoms with Crippen molar-refractivity contribution in [1.82, 2.24) is 15.2 Å². The predicted octanol–water partition coefficient (Wildman–Crippen LogP) is 2.46. The van der Waals surface area contributed by atoms with Gasteiger partial charge in [-0.25, -0.2) is 0 Å². The van der Waals surface area contributed by atoms with Crippen molar-refractivity contribution in [1.29, 1.82) is 0 Å². The van der Waals surface area contributed by atoms with Gasteiger partial charge in [-0.2, -0.15) is 0 Å². The van der Waals surface area contributed by atoms with E-state index in [1.807, 2.05) is 12.3 Å². The van der Waals surface area contributed by atoms with Gasteiger partial charge in [-0.15, -0.1) is 0 Å². The van der Waals surface area contributed by atoms with Crippen LogP contribution in [0.2, 0.25) is 0 Å². The first kappa shape index (κ1) is 13.2. The van der Waals surface area contributed by atoms with Gasteiger partial charge in [0.2, 0.25) is 0 Å². The second-order valence-electron chi connectivity index (χ2n) is 6.44. The zero-order chi connectivity index (χ0) is 14.1. The van der Waals surface area contributed by atoms with E-state index < -0.39 is 0 Å². The topological polar surface area (TPSA) is 28.2 Å². The summed E-state index contributed by atoms with van der Waals surface area (Å²) < 4.78 is 0. The highest BCUT2D eigenvalue weighted by molar-refractivity contribution is 5.81. The number of para-hydroxylation sites is 1. The fourth-order valence-corrected chi connectivity index (χ4v) is 3.51. The van der Waals surface area contributed by atoms with Crippen molar-refractivity contribution >= 4 is 10.9 Å². The van der Waals surface area contributed by atoms with Gasteiger partial charge in [0.15, 0.2) is 0 Å². The van der Waals surface area contributed by atoms with Crippen LogP contribution in [0.25, 0.3) is 10.9 Å². The van der Waals surface area contributed by atoms with Gasteiger partial charge in [0.05, 0.1) is 5.52 Å². The Labute approximate surface area is 126 Å². The summed E-state index contributed by atoms with van der Waals surface area (Å²) in [6, 6.07) is 11.5. The van der Waals surface area contributed by atoms with Crippen LogP contribution < -0.4 is 5.32 Å². The van der Waals surface area contributed by atoms with Gasteiger partial charge in [-0.3, -0.25) is 4.98 Å². The molecule has 0 spiro atoms. The van der Waals surface area contributed by atoms with Gasteiger partial charge in [0.25, 0.3) is 0 Å². The van der Waals surface area contributed by atoms with Gasteiger partial charge in [0.1, 0.15) is 0 Å². The zero-order valence-electron chi connectivity index (χ0n) is 12.5. The average molecular weight is 281 g/mol. The highest BCUT2D eigenvalue weighted by Crippen LogP contribution is 2.33. The van der Waals surface area contributed by atoms with Gasteiger partial charge in [-0.05, 0) is 36.8 Å². The molecule has 1 saturated heterocycles. The molecule has 1 aromatic carbocycles. The smallest absolute Gasteiger partial charge is 0.0734 e. The summed E-state index contributed by atoms with van der Waals surface area (Å²) in [4.78, 5) is 7.19. The summed E-state index contributed by atoms with van der Waals surface area (Å²) in [5, 5.41) is 4.94. The third-order valence-corrected chi connectivity index (χ3v) is 4.89. The molecule has 110 valence electrons. The highest BCUT2D eigenvalue weighted by Gasteiger charge is 2.33. The molecule has 1 aliphatic heterocycles. The SMILES string of the molecule is c1cnc2c(CCN3CCNC(C4CC4)C3)cccc2c1. The molecule has 4 rings (SSSR count). The average Bonchev–Trinajstić information content (AvgIpc) is 3.38. The number of aromatic nitrogens is 1. The molecule has 0 radical (unpaired) electrons. The fraction of sp³-hybridized carbons (Fsp3) is 0.500. The molecule has 1 N–H and O–H groups in total. The summed E-state index contributed by atoms with van der Waals surface area (Å²) in [6.45, 7) is 4.71. The largest absolute Gasteiger partial charge is 0.311 e. The maximum atomic E-state index is 4.57. The van der Waals surface area contributed by atoms with Gasteiger partial charge < -0.3 is 10.2 Å². The lowest BCUT2D eigenvalue weighted by Gasteiger charge is -2.34. The quantitative estimate of drug-likeness (QED) is 0.933. The lowest BCUT2D eigenvalue weighted by molar-refractivity contribution is 0.190. The standard InChI is InChI=1S/C18H23N3/c1-3-15-5-2-9-20-18(15)16(4-1)8-11-21-12-10-19-17(13-21)14-6-7-14/h1-5,9,14,17,19H,6-8,10-13H2. The van der Waals surface area contributed by atoms with Crippen LogP contribution in [0.4, 0.5) is 0 Å². The van der Waals surface area contributed by atoms with Crippen molar-refractivity contribution < 1.29 is 0 Å². The van der Waals surface area contributed by atoms with E-state index in [2.05, 4.69) is 39.5 Å². The van der Waals surface area contributed by atoms with E-state index in [0.717, 1.165) is 31.5 Å². The minimum absolute atomic E-state index is 0.740. The van der Waals surface area contributed by atoms with Crippen molar-refractivity contribution in [3.8, 4) is 0 Å². The highest BCUT2D eigenvalue weighted by atomic mass is 15.2. The molecule has 3 heteroatoms. The van der Waals surface area contributed by atoms with E-state index in [9.17, 15) is 0 Å². The molecule has 3 nitrogen and oxygen atoms in total. The van der Waals surface area contributed by atoms with E-state index in [4.69, 9.17) is 0 Å². The Balaban J connectivity index is 1.43. The van der Waals surface area contributed by atoms with E-state index in [-0.39, 0.29) is 0 Å². The first-order valence-corrected chi connectivity index (χ1v) is 8.18. The van der Waals surface area contributed by atoms with Crippen molar-refractivity contribution in [3.05, 3.63) is 42.1 Å². The molecular formula is C18H23N3. The number of benzene rings is 1. The minimum atomic E-state index is 0.740. The molecule has 1 atom stereocenters. The maximum absolute atomic E-state index is 4.57. The Hall–Kier alpha value is -1.45. The van der Waals surface area contributed by atoms with Crippen LogP contribution in [0.1, 0.15) is 18.4 Å². The molecule has 1 unspecified atom stereocenters. The van der Waals surface area contributed by atoms with Crippen LogP contribution >= 0.6 is 0 Å². The Morgan fingerprint density at radius 1 is 1.19 bits per heavy atom. The van der Waals surface area contributed by atoms with Gasteiger partial charge in [0, 0.05) is 43.8 Å². The molecule has 0 amide bonds. The van der Waals surface area contributed by atoms with Crippen molar-refractivity contribution in [2.24, 2.45) is 5.92 Å². The number of hydrogen-bond acceptors (Lipinski definition) is 3. The summed E-state index contributed by atoms with van der Waals surface area (Å²) in [7, 11) is 0. The number of nitrogens with one attached hydrogen (secondary N) is 1. The van der Waals surface area contributed by atoms with Crippen molar-refractivity contribution in [3.63, 3.8) is 0 Å². The molecule has 0 bridgehead atoms. The fourth-order valence-electron chi connectivity index (χ4n) is 3.51. The molecule has 21 heavy (non-hydrogen) atoms. The monoisotopic (exact) mass is 281 g/mol. The van der Waals surface area contributed by atoms with Crippen LogP contribution in [-0.2, 0) is 6.42 Å². The number of fused-ring (bicyclic) bond motifs is 1. The molecule has 2 fully saturated rings. The number of pyridine rings is 1. The molecule has 1 aliphatic carbocycles. The van der Waals surface area contributed by atoms with Crippen molar-refractivity contribution in [2.45, 2.75) is 25.3 Å². The number of nitrogens with zero attached hydrogens (tertiary/aromatic N) is 2. The molecule has 1 aromatic heterocycles. The number of piperazine rings is 1. The lowest BCUT2D eigenvalue weighted by atomic mass is 10.1. The second kappa shape index (κ2) is 5.74. The van der Waals surface area contributed by atoms with Gasteiger partial charge in [-0.1, -0.05) is 24.3 Å². The van der Waals surface area contributed by atoms with Crippen LogP contribution in [0.3, 0.4) is 0 Å². The van der Waals surface area contributed by atoms with E-state index in [0.29, 0.717) is 0 Å². The Morgan fingerprint density at radius 2 is 2.10 bits per heavy atom. The summed E-state index contributed by atoms with van der Waals surface area (Å²) in [5.41, 5.74) is 2.56. The van der Waals surface area contributed by atoms with E-state index >= 15 is 0 Å². The Kier molecular flexibility index (Phi) is 3.62. The number of rotatable bonds is 4. The third-order valence-electron chi connectivity index (χ3n) is 4.89. The van der Waals surface area contributed by atoms with E-state index in [1.165, 1.54) is 42.4 Å². The molecule has 2 aromatic rings. The predicted molar refractivity (Wildman–Crippen MR) is 86.4 cm³/mol.